The molecule has 0 radical (unpaired) electrons. The quantitative estimate of drug-likeness (QED) is 0.652. The number of carbonyl (C=O) groups is 1. The predicted octanol–water partition coefficient (Wildman–Crippen LogP) is 3.11. The highest BCUT2D eigenvalue weighted by Crippen LogP contribution is 2.25. The average Bonchev–Trinajstić information content (AvgIpc) is 2.51. The van der Waals surface area contributed by atoms with E-state index in [-0.39, 0.29) is 29.6 Å². The van der Waals surface area contributed by atoms with Crippen LogP contribution in [0.1, 0.15) is 11.1 Å². The second kappa shape index (κ2) is 7.65. The van der Waals surface area contributed by atoms with Crippen LogP contribution in [0.15, 0.2) is 42.5 Å². The van der Waals surface area contributed by atoms with E-state index in [0.29, 0.717) is 6.54 Å². The van der Waals surface area contributed by atoms with E-state index in [1.165, 1.54) is 24.3 Å². The minimum absolute atomic E-state index is 0.0579. The number of carbonyl (C=O) groups excluding carboxylic acids is 1. The molecule has 0 spiro atoms. The average molecular weight is 331 g/mol. The van der Waals surface area contributed by atoms with Crippen LogP contribution in [0.2, 0.25) is 0 Å². The molecular weight excluding hydrogens is 313 g/mol. The van der Waals surface area contributed by atoms with Crippen LogP contribution in [0.3, 0.4) is 0 Å². The van der Waals surface area contributed by atoms with Gasteiger partial charge in [-0.15, -0.1) is 0 Å². The molecule has 0 heterocycles. The van der Waals surface area contributed by atoms with Crippen molar-refractivity contribution in [2.75, 3.05) is 18.9 Å². The number of nitro benzene ring substituents is 1. The minimum atomic E-state index is -0.523. The predicted molar refractivity (Wildman–Crippen MR) is 89.2 cm³/mol. The zero-order valence-electron chi connectivity index (χ0n) is 13.5. The van der Waals surface area contributed by atoms with Crippen molar-refractivity contribution in [3.05, 3.63) is 69.5 Å². The third-order valence-corrected chi connectivity index (χ3v) is 3.40. The minimum Gasteiger partial charge on any atom is -0.319 e. The van der Waals surface area contributed by atoms with Crippen LogP contribution in [0.25, 0.3) is 0 Å². The van der Waals surface area contributed by atoms with Gasteiger partial charge in [0.1, 0.15) is 11.5 Å². The maximum atomic E-state index is 12.9. The summed E-state index contributed by atoms with van der Waals surface area (Å²) in [6.07, 6.45) is 0. The molecule has 1 N–H and O–H groups in total. The molecule has 2 aromatic carbocycles. The summed E-state index contributed by atoms with van der Waals surface area (Å²) in [5.41, 5.74) is 1.65. The van der Waals surface area contributed by atoms with E-state index < -0.39 is 4.92 Å². The molecule has 2 aromatic rings. The number of halogens is 1. The molecule has 24 heavy (non-hydrogen) atoms. The molecule has 0 bridgehead atoms. The van der Waals surface area contributed by atoms with Gasteiger partial charge in [0.25, 0.3) is 5.69 Å². The van der Waals surface area contributed by atoms with Crippen molar-refractivity contribution in [2.45, 2.75) is 13.5 Å². The van der Waals surface area contributed by atoms with Crippen LogP contribution < -0.4 is 5.32 Å². The first-order valence-corrected chi connectivity index (χ1v) is 7.33. The van der Waals surface area contributed by atoms with Gasteiger partial charge in [-0.2, -0.15) is 0 Å². The molecule has 0 unspecified atom stereocenters. The Morgan fingerprint density at radius 1 is 1.25 bits per heavy atom. The van der Waals surface area contributed by atoms with Crippen molar-refractivity contribution in [1.29, 1.82) is 0 Å². The zero-order valence-corrected chi connectivity index (χ0v) is 13.5. The number of rotatable bonds is 6. The number of amides is 1. The molecule has 0 saturated carbocycles. The van der Waals surface area contributed by atoms with Crippen LogP contribution in [0, 0.1) is 22.9 Å². The number of anilines is 1. The van der Waals surface area contributed by atoms with E-state index in [1.54, 1.807) is 37.1 Å². The standard InChI is InChI=1S/C17H18FN3O3/c1-12-3-8-15(16(9-12)21(23)24)19-17(22)11-20(2)10-13-4-6-14(18)7-5-13/h3-9H,10-11H2,1-2H3,(H,19,22). The van der Waals surface area contributed by atoms with Crippen LogP contribution in [0.5, 0.6) is 0 Å². The van der Waals surface area contributed by atoms with Crippen molar-refractivity contribution in [3.63, 3.8) is 0 Å². The number of aryl methyl sites for hydroxylation is 1. The molecule has 0 aliphatic rings. The number of nitrogens with one attached hydrogen (secondary N) is 1. The van der Waals surface area contributed by atoms with Gasteiger partial charge in [-0.25, -0.2) is 4.39 Å². The van der Waals surface area contributed by atoms with Gasteiger partial charge < -0.3 is 5.32 Å². The third kappa shape index (κ3) is 4.85. The molecule has 0 fully saturated rings. The van der Waals surface area contributed by atoms with Gasteiger partial charge in [-0.05, 0) is 43.3 Å². The molecule has 0 aromatic heterocycles. The van der Waals surface area contributed by atoms with Gasteiger partial charge in [0.2, 0.25) is 5.91 Å². The van der Waals surface area contributed by atoms with Crippen LogP contribution in [0.4, 0.5) is 15.8 Å². The van der Waals surface area contributed by atoms with Gasteiger partial charge in [0.05, 0.1) is 11.5 Å². The van der Waals surface area contributed by atoms with Crippen molar-refractivity contribution < 1.29 is 14.1 Å². The fourth-order valence-electron chi connectivity index (χ4n) is 2.29. The summed E-state index contributed by atoms with van der Waals surface area (Å²) in [5.74, 6) is -0.669. The normalized spacial score (nSPS) is 10.7. The molecule has 2 rings (SSSR count). The Morgan fingerprint density at radius 3 is 2.54 bits per heavy atom. The van der Waals surface area contributed by atoms with E-state index in [0.717, 1.165) is 11.1 Å². The number of hydrogen-bond acceptors (Lipinski definition) is 4. The SMILES string of the molecule is Cc1ccc(NC(=O)CN(C)Cc2ccc(F)cc2)c([N+](=O)[O-])c1. The Hall–Kier alpha value is -2.80. The van der Waals surface area contributed by atoms with Crippen LogP contribution in [-0.2, 0) is 11.3 Å². The maximum Gasteiger partial charge on any atom is 0.293 e. The summed E-state index contributed by atoms with van der Waals surface area (Å²) in [6.45, 7) is 2.27. The molecule has 126 valence electrons. The summed E-state index contributed by atoms with van der Waals surface area (Å²) in [5, 5.41) is 13.6. The third-order valence-electron chi connectivity index (χ3n) is 3.40. The van der Waals surface area contributed by atoms with Gasteiger partial charge in [0.15, 0.2) is 0 Å². The van der Waals surface area contributed by atoms with Gasteiger partial charge in [0, 0.05) is 12.6 Å². The second-order valence-electron chi connectivity index (χ2n) is 5.62. The first-order chi connectivity index (χ1) is 11.3. The van der Waals surface area contributed by atoms with E-state index >= 15 is 0 Å². The van der Waals surface area contributed by atoms with Crippen molar-refractivity contribution in [3.8, 4) is 0 Å². The number of benzene rings is 2. The Morgan fingerprint density at radius 2 is 1.92 bits per heavy atom. The van der Waals surface area contributed by atoms with Gasteiger partial charge in [-0.1, -0.05) is 18.2 Å². The molecule has 7 heteroatoms. The monoisotopic (exact) mass is 331 g/mol. The lowest BCUT2D eigenvalue weighted by molar-refractivity contribution is -0.384. The molecular formula is C17H18FN3O3. The molecule has 6 nitrogen and oxygen atoms in total. The first-order valence-electron chi connectivity index (χ1n) is 7.33. The highest BCUT2D eigenvalue weighted by molar-refractivity contribution is 5.94. The number of nitrogens with zero attached hydrogens (tertiary/aromatic N) is 2. The van der Waals surface area contributed by atoms with Crippen LogP contribution >= 0.6 is 0 Å². The topological polar surface area (TPSA) is 75.5 Å². The Bertz CT molecular complexity index is 747. The zero-order chi connectivity index (χ0) is 17.7. The molecule has 0 saturated heterocycles. The largest absolute Gasteiger partial charge is 0.319 e. The van der Waals surface area contributed by atoms with Crippen LogP contribution in [-0.4, -0.2) is 29.3 Å². The summed E-state index contributed by atoms with van der Waals surface area (Å²) in [4.78, 5) is 24.4. The van der Waals surface area contributed by atoms with Crippen molar-refractivity contribution in [1.82, 2.24) is 4.90 Å². The van der Waals surface area contributed by atoms with Gasteiger partial charge >= 0.3 is 0 Å². The van der Waals surface area contributed by atoms with E-state index in [4.69, 9.17) is 0 Å². The van der Waals surface area contributed by atoms with Gasteiger partial charge in [-0.3, -0.25) is 19.8 Å². The summed E-state index contributed by atoms with van der Waals surface area (Å²) >= 11 is 0. The summed E-state index contributed by atoms with van der Waals surface area (Å²) < 4.78 is 12.9. The molecule has 0 atom stereocenters. The van der Waals surface area contributed by atoms with Crippen molar-refractivity contribution in [2.24, 2.45) is 0 Å². The molecule has 0 aliphatic carbocycles. The van der Waals surface area contributed by atoms with E-state index in [1.807, 2.05) is 0 Å². The Labute approximate surface area is 139 Å². The smallest absolute Gasteiger partial charge is 0.293 e. The fraction of sp³-hybridized carbons (Fsp3) is 0.235. The number of hydrogen-bond donors (Lipinski definition) is 1. The van der Waals surface area contributed by atoms with Crippen molar-refractivity contribution >= 4 is 17.3 Å². The molecule has 0 aliphatic heterocycles. The number of likely N-dealkylation sites (N-methyl/N-ethyl adjacent to an activating group) is 1. The lowest BCUT2D eigenvalue weighted by Crippen LogP contribution is -2.30. The Balaban J connectivity index is 1.98. The highest BCUT2D eigenvalue weighted by atomic mass is 19.1. The summed E-state index contributed by atoms with van der Waals surface area (Å²) in [7, 11) is 1.74. The number of nitro groups is 1. The fourth-order valence-corrected chi connectivity index (χ4v) is 2.29. The highest BCUT2D eigenvalue weighted by Gasteiger charge is 2.16. The van der Waals surface area contributed by atoms with E-state index in [2.05, 4.69) is 5.32 Å². The van der Waals surface area contributed by atoms with E-state index in [9.17, 15) is 19.3 Å². The Kier molecular flexibility index (Phi) is 5.59. The summed E-state index contributed by atoms with van der Waals surface area (Å²) in [6, 6.07) is 10.6. The lowest BCUT2D eigenvalue weighted by Gasteiger charge is -2.16. The molecule has 1 amide bonds. The lowest BCUT2D eigenvalue weighted by atomic mass is 10.2. The first kappa shape index (κ1) is 17.6. The maximum absolute atomic E-state index is 12.9. The second-order valence-corrected chi connectivity index (χ2v) is 5.62.